The number of aromatic nitrogens is 1. The first-order chi connectivity index (χ1) is 27.0. The van der Waals surface area contributed by atoms with Gasteiger partial charge in [0.1, 0.15) is 24.0 Å². The van der Waals surface area contributed by atoms with Crippen molar-refractivity contribution in [1.29, 1.82) is 0 Å². The van der Waals surface area contributed by atoms with Gasteiger partial charge in [0, 0.05) is 47.5 Å². The number of fused-ring (bicyclic) bond motifs is 1. The number of aromatic amines is 1. The first-order valence-corrected chi connectivity index (χ1v) is 21.0. The quantitative estimate of drug-likeness (QED) is 0.0368. The molecule has 5 aromatic rings. The Morgan fingerprint density at radius 1 is 0.964 bits per heavy atom. The minimum Gasteiger partial charge on any atom is -0.463 e. The summed E-state index contributed by atoms with van der Waals surface area (Å²) in [5, 5.41) is 9.80. The van der Waals surface area contributed by atoms with Gasteiger partial charge in [0.05, 0.1) is 22.1 Å². The van der Waals surface area contributed by atoms with E-state index in [1.54, 1.807) is 18.0 Å². The van der Waals surface area contributed by atoms with E-state index >= 15 is 4.39 Å². The zero-order valence-electron chi connectivity index (χ0n) is 31.9. The molecule has 8 nitrogen and oxygen atoms in total. The van der Waals surface area contributed by atoms with Crippen molar-refractivity contribution >= 4 is 74.6 Å². The molecule has 56 heavy (non-hydrogen) atoms. The number of rotatable bonds is 17. The van der Waals surface area contributed by atoms with Crippen molar-refractivity contribution in [2.24, 2.45) is 15.7 Å². The molecule has 4 N–H and O–H groups in total. The van der Waals surface area contributed by atoms with Crippen molar-refractivity contribution in [2.75, 3.05) is 36.7 Å². The van der Waals surface area contributed by atoms with Crippen LogP contribution in [0.25, 0.3) is 17.0 Å². The van der Waals surface area contributed by atoms with E-state index in [0.717, 1.165) is 45.1 Å². The predicted molar refractivity (Wildman–Crippen MR) is 233 cm³/mol. The molecule has 0 aliphatic heterocycles. The van der Waals surface area contributed by atoms with Gasteiger partial charge in [0.15, 0.2) is 17.4 Å². The maximum absolute atomic E-state index is 15.3. The van der Waals surface area contributed by atoms with Crippen LogP contribution >= 0.6 is 39.5 Å². The Balaban J connectivity index is 0.000000604. The van der Waals surface area contributed by atoms with Crippen LogP contribution in [0.3, 0.4) is 0 Å². The van der Waals surface area contributed by atoms with Crippen LogP contribution in [0.5, 0.6) is 11.5 Å². The van der Waals surface area contributed by atoms with Crippen LogP contribution in [0.15, 0.2) is 111 Å². The van der Waals surface area contributed by atoms with Crippen molar-refractivity contribution < 1.29 is 28.2 Å². The Morgan fingerprint density at radius 2 is 1.71 bits per heavy atom. The molecule has 0 amide bonds. The lowest BCUT2D eigenvalue weighted by molar-refractivity contribution is -0.129. The third kappa shape index (κ3) is 12.5. The number of nitrogens with zero attached hydrogens (tertiary/aromatic N) is 2. The fraction of sp³-hybridized carbons (Fsp3) is 0.279. The number of halogens is 3. The molecule has 296 valence electrons. The Labute approximate surface area is 344 Å². The second-order valence-electron chi connectivity index (χ2n) is 13.0. The molecule has 4 aromatic carbocycles. The molecule has 0 aliphatic rings. The average Bonchev–Trinajstić information content (AvgIpc) is 3.67. The Hall–Kier alpha value is -4.43. The molecule has 0 saturated heterocycles. The molecule has 1 atom stereocenters. The van der Waals surface area contributed by atoms with Crippen LogP contribution in [0, 0.1) is 11.6 Å². The Kier molecular flexibility index (Phi) is 17.7. The van der Waals surface area contributed by atoms with Gasteiger partial charge in [-0.15, -0.1) is 0 Å². The number of aliphatic hydroxyl groups is 1. The van der Waals surface area contributed by atoms with Gasteiger partial charge in [-0.25, -0.2) is 13.8 Å². The normalized spacial score (nSPS) is 12.7. The van der Waals surface area contributed by atoms with Crippen molar-refractivity contribution in [2.45, 2.75) is 39.2 Å². The number of benzene rings is 4. The number of allylic oxidation sites excluding steroid dienone is 1. The summed E-state index contributed by atoms with van der Waals surface area (Å²) in [7, 11) is 1.53. The molecule has 5 rings (SSSR count). The van der Waals surface area contributed by atoms with E-state index in [1.165, 1.54) is 36.9 Å². The van der Waals surface area contributed by atoms with E-state index in [9.17, 15) is 9.18 Å². The molecular formula is C43H47BrF2N4O4S2. The van der Waals surface area contributed by atoms with Gasteiger partial charge in [-0.2, -0.15) is 23.5 Å². The molecule has 0 radical (unpaired) electrons. The number of thioether (sulfide) groups is 2. The largest absolute Gasteiger partial charge is 0.463 e. The topological polar surface area (TPSA) is 122 Å². The molecule has 0 fully saturated rings. The number of nitrogens with two attached hydrogens (primary N) is 1. The number of aliphatic imine (C=N–C) groups is 2. The van der Waals surface area contributed by atoms with Crippen LogP contribution < -0.4 is 10.5 Å². The summed E-state index contributed by atoms with van der Waals surface area (Å²) in [6, 6.07) is 25.0. The zero-order valence-corrected chi connectivity index (χ0v) is 35.1. The molecule has 13 heteroatoms. The van der Waals surface area contributed by atoms with Gasteiger partial charge in [0.25, 0.3) is 6.47 Å². The summed E-state index contributed by atoms with van der Waals surface area (Å²) in [5.74, 6) is 2.91. The Morgan fingerprint density at radius 3 is 2.41 bits per heavy atom. The van der Waals surface area contributed by atoms with Gasteiger partial charge in [0.2, 0.25) is 0 Å². The molecule has 0 bridgehead atoms. The molecule has 0 aliphatic carbocycles. The van der Waals surface area contributed by atoms with E-state index in [-0.39, 0.29) is 29.5 Å². The number of amidine groups is 2. The van der Waals surface area contributed by atoms with Crippen LogP contribution in [0.1, 0.15) is 49.4 Å². The van der Waals surface area contributed by atoms with E-state index in [2.05, 4.69) is 63.6 Å². The van der Waals surface area contributed by atoms with Crippen molar-refractivity contribution in [3.8, 4) is 11.5 Å². The SMILES string of the molecule is CN=C(N=C(N)C(C)(CCSCCSCCO)c1cccc(C=C(C)C)c1)c1cc(Oc2c(F)cc3[nH]ccc3c2Br)ccc1F.O=COCc1ccccc1. The van der Waals surface area contributed by atoms with Gasteiger partial charge in [-0.3, -0.25) is 9.79 Å². The predicted octanol–water partition coefficient (Wildman–Crippen LogP) is 10.3. The molecule has 1 aromatic heterocycles. The second kappa shape index (κ2) is 22.3. The number of H-pyrrole nitrogens is 1. The van der Waals surface area contributed by atoms with Crippen LogP contribution in [0.4, 0.5) is 8.78 Å². The summed E-state index contributed by atoms with van der Waals surface area (Å²) >= 11 is 6.99. The number of carbonyl (C=O) groups excluding carboxylic acids is 1. The van der Waals surface area contributed by atoms with Gasteiger partial charge >= 0.3 is 0 Å². The summed E-state index contributed by atoms with van der Waals surface area (Å²) < 4.78 is 41.2. The number of hydrogen-bond acceptors (Lipinski definition) is 7. The average molecular weight is 866 g/mol. The van der Waals surface area contributed by atoms with Gasteiger partial charge < -0.3 is 25.3 Å². The third-order valence-corrected chi connectivity index (χ3v) is 11.6. The fourth-order valence-corrected chi connectivity index (χ4v) is 8.27. The van der Waals surface area contributed by atoms with E-state index < -0.39 is 17.0 Å². The summed E-state index contributed by atoms with van der Waals surface area (Å²) in [4.78, 5) is 21.8. The highest BCUT2D eigenvalue weighted by molar-refractivity contribution is 9.10. The summed E-state index contributed by atoms with van der Waals surface area (Å²) in [6.45, 7) is 7.15. The number of aliphatic hydroxyl groups excluding tert-OH is 1. The van der Waals surface area contributed by atoms with E-state index in [1.807, 2.05) is 66.4 Å². The van der Waals surface area contributed by atoms with Crippen LogP contribution in [0.2, 0.25) is 0 Å². The standard InChI is InChI=1S/C35H39BrF2N4O2S2.C8H8O2/c1-22(2)18-23-6-5-7-24(19-23)35(3,11-14-45-16-17-46-15-13-43)34(39)42-33(40-4)27-20-25(8-9-28(27)37)44-32-29(38)21-30-26(31(32)36)10-12-41-30;9-7-10-6-8-4-2-1-3-5-8/h5-10,12,18-21,41,43H,11,13-17H2,1-4H3,(H2,39,40,42);1-5,7H,6H2. The van der Waals surface area contributed by atoms with Crippen LogP contribution in [-0.2, 0) is 21.6 Å². The molecular weight excluding hydrogens is 819 g/mol. The lowest BCUT2D eigenvalue weighted by atomic mass is 9.78. The van der Waals surface area contributed by atoms with Crippen molar-refractivity contribution in [1.82, 2.24) is 4.98 Å². The Bertz CT molecular complexity index is 2140. The lowest BCUT2D eigenvalue weighted by Gasteiger charge is -2.30. The van der Waals surface area contributed by atoms with E-state index in [4.69, 9.17) is 20.6 Å². The maximum Gasteiger partial charge on any atom is 0.293 e. The highest BCUT2D eigenvalue weighted by Crippen LogP contribution is 2.39. The first kappa shape index (κ1) is 44.3. The third-order valence-electron chi connectivity index (χ3n) is 8.60. The number of ether oxygens (including phenoxy) is 2. The molecule has 0 spiro atoms. The number of carbonyl (C=O) groups is 1. The molecule has 1 heterocycles. The number of nitrogens with one attached hydrogen (secondary N) is 1. The molecule has 0 saturated carbocycles. The summed E-state index contributed by atoms with van der Waals surface area (Å²) in [5.41, 5.74) is 11.1. The minimum atomic E-state index is -0.683. The first-order valence-electron chi connectivity index (χ1n) is 17.9. The fourth-order valence-electron chi connectivity index (χ4n) is 5.62. The van der Waals surface area contributed by atoms with E-state index in [0.29, 0.717) is 35.3 Å². The van der Waals surface area contributed by atoms with Crippen molar-refractivity contribution in [3.05, 3.63) is 135 Å². The van der Waals surface area contributed by atoms with Gasteiger partial charge in [-0.1, -0.05) is 66.2 Å². The second-order valence-corrected chi connectivity index (χ2v) is 16.2. The summed E-state index contributed by atoms with van der Waals surface area (Å²) in [6.07, 6.45) is 4.51. The zero-order chi connectivity index (χ0) is 40.5. The van der Waals surface area contributed by atoms with Crippen molar-refractivity contribution in [3.63, 3.8) is 0 Å². The highest BCUT2D eigenvalue weighted by atomic mass is 79.9. The minimum absolute atomic E-state index is 0.0151. The lowest BCUT2D eigenvalue weighted by Crippen LogP contribution is -2.40. The molecule has 1 unspecified atom stereocenters. The highest BCUT2D eigenvalue weighted by Gasteiger charge is 2.32. The van der Waals surface area contributed by atoms with Crippen LogP contribution in [-0.4, -0.2) is 64.9 Å². The van der Waals surface area contributed by atoms with Gasteiger partial charge in [-0.05, 0) is 89.8 Å². The maximum atomic E-state index is 15.3. The number of hydrogen-bond donors (Lipinski definition) is 3. The smallest absolute Gasteiger partial charge is 0.293 e. The monoisotopic (exact) mass is 864 g/mol.